The topological polar surface area (TPSA) is 26.3 Å². The minimum Gasteiger partial charge on any atom is -0.430 e. The number of aryl methyl sites for hydroxylation is 1. The van der Waals surface area contributed by atoms with Gasteiger partial charge in [0.25, 0.3) is 0 Å². The highest BCUT2D eigenvalue weighted by molar-refractivity contribution is 9.11. The average Bonchev–Trinajstić information content (AvgIpc) is 2.77. The number of allylic oxidation sites excluding steroid dienone is 1. The molecule has 1 heterocycles. The van der Waals surface area contributed by atoms with Crippen molar-refractivity contribution >= 4 is 21.9 Å². The number of unbranched alkanes of at least 4 members (excludes halogenated alkanes) is 1. The van der Waals surface area contributed by atoms with Crippen molar-refractivity contribution in [3.8, 4) is 0 Å². The van der Waals surface area contributed by atoms with E-state index in [9.17, 15) is 4.79 Å². The molecule has 1 aromatic carbocycles. The van der Waals surface area contributed by atoms with Crippen LogP contribution in [0.2, 0.25) is 0 Å². The van der Waals surface area contributed by atoms with Crippen LogP contribution in [0.5, 0.6) is 0 Å². The molecule has 1 atom stereocenters. The Bertz CT molecular complexity index is 425. The lowest BCUT2D eigenvalue weighted by molar-refractivity contribution is -0.139. The van der Waals surface area contributed by atoms with Gasteiger partial charge in [-0.05, 0) is 24.8 Å². The molecule has 0 spiro atoms. The number of carbonyl (C=O) groups excluding carboxylic acids is 1. The van der Waals surface area contributed by atoms with Crippen LogP contribution in [0.25, 0.3) is 0 Å². The minimum absolute atomic E-state index is 0.0598. The maximum Gasteiger partial charge on any atom is 0.314 e. The minimum atomic E-state index is -0.0691. The van der Waals surface area contributed by atoms with Crippen LogP contribution in [-0.2, 0) is 16.0 Å². The molecule has 0 aliphatic carbocycles. The second-order valence-electron chi connectivity index (χ2n) is 4.63. The first kappa shape index (κ1) is 13.3. The summed E-state index contributed by atoms with van der Waals surface area (Å²) in [6.45, 7) is 0. The zero-order chi connectivity index (χ0) is 12.8. The molecule has 0 saturated carbocycles. The van der Waals surface area contributed by atoms with Crippen LogP contribution in [0.15, 0.2) is 41.1 Å². The lowest BCUT2D eigenvalue weighted by Gasteiger charge is -2.04. The van der Waals surface area contributed by atoms with E-state index in [0.717, 1.165) is 37.9 Å². The van der Waals surface area contributed by atoms with Gasteiger partial charge in [-0.3, -0.25) is 4.79 Å². The van der Waals surface area contributed by atoms with Gasteiger partial charge < -0.3 is 4.74 Å². The smallest absolute Gasteiger partial charge is 0.314 e. The van der Waals surface area contributed by atoms with Crippen LogP contribution in [0.3, 0.4) is 0 Å². The molecule has 0 amide bonds. The number of hydrogen-bond acceptors (Lipinski definition) is 2. The van der Waals surface area contributed by atoms with Gasteiger partial charge in [0.2, 0.25) is 0 Å². The fourth-order valence-corrected chi connectivity index (χ4v) is 2.51. The number of carbonyl (C=O) groups is 1. The first-order valence-corrected chi connectivity index (χ1v) is 7.26. The third-order valence-electron chi connectivity index (χ3n) is 3.25. The van der Waals surface area contributed by atoms with Crippen LogP contribution in [-0.4, -0.2) is 5.97 Å². The average molecular weight is 309 g/mol. The van der Waals surface area contributed by atoms with E-state index in [2.05, 4.69) is 40.2 Å². The van der Waals surface area contributed by atoms with E-state index in [1.807, 2.05) is 6.07 Å². The SMILES string of the molecule is O=C1O/C(=C/Br)CC1CCCCc1ccccc1. The van der Waals surface area contributed by atoms with Crippen LogP contribution in [0.4, 0.5) is 0 Å². The summed E-state index contributed by atoms with van der Waals surface area (Å²) in [5.41, 5.74) is 1.37. The Morgan fingerprint density at radius 1 is 1.28 bits per heavy atom. The van der Waals surface area contributed by atoms with Gasteiger partial charge in [0, 0.05) is 11.4 Å². The molecule has 0 N–H and O–H groups in total. The molecule has 1 fully saturated rings. The van der Waals surface area contributed by atoms with Crippen LogP contribution < -0.4 is 0 Å². The summed E-state index contributed by atoms with van der Waals surface area (Å²) in [6, 6.07) is 10.5. The summed E-state index contributed by atoms with van der Waals surface area (Å²) in [7, 11) is 0. The van der Waals surface area contributed by atoms with Crippen molar-refractivity contribution in [1.29, 1.82) is 0 Å². The van der Waals surface area contributed by atoms with E-state index in [-0.39, 0.29) is 11.9 Å². The van der Waals surface area contributed by atoms with Crippen molar-refractivity contribution in [2.45, 2.75) is 32.1 Å². The molecule has 3 heteroatoms. The number of esters is 1. The highest BCUT2D eigenvalue weighted by Crippen LogP contribution is 2.29. The van der Waals surface area contributed by atoms with E-state index in [1.165, 1.54) is 5.56 Å². The molecule has 96 valence electrons. The largest absolute Gasteiger partial charge is 0.430 e. The third-order valence-corrected chi connectivity index (χ3v) is 3.76. The number of halogens is 1. The van der Waals surface area contributed by atoms with Crippen molar-refractivity contribution in [1.82, 2.24) is 0 Å². The molecule has 0 aromatic heterocycles. The Labute approximate surface area is 116 Å². The normalized spacial score (nSPS) is 21.3. The van der Waals surface area contributed by atoms with Crippen molar-refractivity contribution in [3.05, 3.63) is 46.6 Å². The molecule has 1 aliphatic heterocycles. The van der Waals surface area contributed by atoms with Crippen molar-refractivity contribution in [2.75, 3.05) is 0 Å². The molecular formula is C15H17BrO2. The van der Waals surface area contributed by atoms with Crippen molar-refractivity contribution in [2.24, 2.45) is 5.92 Å². The van der Waals surface area contributed by atoms with E-state index >= 15 is 0 Å². The fraction of sp³-hybridized carbons (Fsp3) is 0.400. The predicted octanol–water partition coefficient (Wildman–Crippen LogP) is 4.20. The van der Waals surface area contributed by atoms with E-state index < -0.39 is 0 Å². The van der Waals surface area contributed by atoms with Crippen LogP contribution in [0, 0.1) is 5.92 Å². The standard InChI is InChI=1S/C15H17BrO2/c16-11-14-10-13(15(17)18-14)9-5-4-8-12-6-2-1-3-7-12/h1-3,6-7,11,13H,4-5,8-10H2/b14-11+. The van der Waals surface area contributed by atoms with Gasteiger partial charge in [-0.1, -0.05) is 52.7 Å². The summed E-state index contributed by atoms with van der Waals surface area (Å²) in [6.07, 6.45) is 4.96. The molecule has 1 saturated heterocycles. The van der Waals surface area contributed by atoms with Crippen molar-refractivity contribution in [3.63, 3.8) is 0 Å². The molecule has 2 rings (SSSR count). The van der Waals surface area contributed by atoms with Gasteiger partial charge in [0.15, 0.2) is 0 Å². The van der Waals surface area contributed by atoms with Gasteiger partial charge >= 0.3 is 5.97 Å². The Kier molecular flexibility index (Phi) is 5.00. The third kappa shape index (κ3) is 3.70. The first-order chi connectivity index (χ1) is 8.79. The highest BCUT2D eigenvalue weighted by Gasteiger charge is 2.29. The number of cyclic esters (lactones) is 1. The van der Waals surface area contributed by atoms with Gasteiger partial charge in [0.1, 0.15) is 5.76 Å². The predicted molar refractivity (Wildman–Crippen MR) is 75.2 cm³/mol. The first-order valence-electron chi connectivity index (χ1n) is 6.34. The Morgan fingerprint density at radius 2 is 2.06 bits per heavy atom. The number of ether oxygens (including phenoxy) is 1. The molecular weight excluding hydrogens is 292 g/mol. The molecule has 1 aliphatic rings. The molecule has 0 radical (unpaired) electrons. The second-order valence-corrected chi connectivity index (χ2v) is 5.09. The summed E-state index contributed by atoms with van der Waals surface area (Å²) in [5.74, 6) is 0.748. The quantitative estimate of drug-likeness (QED) is 0.602. The summed E-state index contributed by atoms with van der Waals surface area (Å²) < 4.78 is 5.11. The summed E-state index contributed by atoms with van der Waals surface area (Å²) in [4.78, 5) is 13.2. The van der Waals surface area contributed by atoms with E-state index in [0.29, 0.717) is 0 Å². The number of benzene rings is 1. The Balaban J connectivity index is 1.69. The van der Waals surface area contributed by atoms with E-state index in [1.54, 1.807) is 4.99 Å². The Morgan fingerprint density at radius 3 is 2.72 bits per heavy atom. The van der Waals surface area contributed by atoms with Crippen molar-refractivity contribution < 1.29 is 9.53 Å². The molecule has 2 nitrogen and oxygen atoms in total. The number of hydrogen-bond donors (Lipinski definition) is 0. The lowest BCUT2D eigenvalue weighted by atomic mass is 9.98. The second kappa shape index (κ2) is 6.74. The van der Waals surface area contributed by atoms with Gasteiger partial charge in [-0.2, -0.15) is 0 Å². The van der Waals surface area contributed by atoms with Gasteiger partial charge in [0.05, 0.1) is 5.92 Å². The Hall–Kier alpha value is -1.09. The van der Waals surface area contributed by atoms with Gasteiger partial charge in [-0.15, -0.1) is 0 Å². The van der Waals surface area contributed by atoms with Gasteiger partial charge in [-0.25, -0.2) is 0 Å². The maximum atomic E-state index is 11.5. The summed E-state index contributed by atoms with van der Waals surface area (Å²) >= 11 is 3.20. The highest BCUT2D eigenvalue weighted by atomic mass is 79.9. The van der Waals surface area contributed by atoms with E-state index in [4.69, 9.17) is 4.74 Å². The fourth-order valence-electron chi connectivity index (χ4n) is 2.23. The monoisotopic (exact) mass is 308 g/mol. The molecule has 0 bridgehead atoms. The van der Waals surface area contributed by atoms with Crippen LogP contribution in [0.1, 0.15) is 31.2 Å². The zero-order valence-electron chi connectivity index (χ0n) is 10.3. The molecule has 18 heavy (non-hydrogen) atoms. The summed E-state index contributed by atoms with van der Waals surface area (Å²) in [5, 5.41) is 0. The zero-order valence-corrected chi connectivity index (χ0v) is 11.9. The lowest BCUT2D eigenvalue weighted by Crippen LogP contribution is -2.07. The maximum absolute atomic E-state index is 11.5. The van der Waals surface area contributed by atoms with Crippen LogP contribution >= 0.6 is 15.9 Å². The number of rotatable bonds is 5. The molecule has 1 aromatic rings. The molecule has 1 unspecified atom stereocenters.